The number of halogens is 1. The smallest absolute Gasteiger partial charge is 0.228 e. The number of rotatable bonds is 2. The normalized spacial score (nSPS) is 20.6. The van der Waals surface area contributed by atoms with E-state index in [2.05, 4.69) is 27.6 Å². The van der Waals surface area contributed by atoms with Crippen molar-refractivity contribution in [2.45, 2.75) is 13.3 Å². The van der Waals surface area contributed by atoms with Gasteiger partial charge in [0.1, 0.15) is 5.82 Å². The van der Waals surface area contributed by atoms with E-state index in [1.54, 1.807) is 11.1 Å². The molecule has 2 heterocycles. The molecule has 1 fully saturated rings. The van der Waals surface area contributed by atoms with E-state index in [1.165, 1.54) is 0 Å². The summed E-state index contributed by atoms with van der Waals surface area (Å²) in [5.41, 5.74) is 0.999. The van der Waals surface area contributed by atoms with Crippen molar-refractivity contribution in [2.75, 3.05) is 18.1 Å². The molecule has 0 aromatic carbocycles. The van der Waals surface area contributed by atoms with E-state index in [-0.39, 0.29) is 18.4 Å². The summed E-state index contributed by atoms with van der Waals surface area (Å²) in [6.07, 6.45) is 2.17. The maximum atomic E-state index is 11.8. The number of aromatic nitrogens is 1. The van der Waals surface area contributed by atoms with Gasteiger partial charge in [0, 0.05) is 35.3 Å². The number of aryl methyl sites for hydroxylation is 1. The SMILES string of the molecule is Cc1cc(I)cnc1N1CC(CO)CC1=O. The van der Waals surface area contributed by atoms with Gasteiger partial charge in [0.05, 0.1) is 0 Å². The predicted octanol–water partition coefficient (Wildman–Crippen LogP) is 1.34. The molecule has 0 aliphatic carbocycles. The highest BCUT2D eigenvalue weighted by Crippen LogP contribution is 2.26. The lowest BCUT2D eigenvalue weighted by Gasteiger charge is -2.17. The third-order valence-electron chi connectivity index (χ3n) is 2.74. The van der Waals surface area contributed by atoms with Crippen LogP contribution in [0.4, 0.5) is 5.82 Å². The van der Waals surface area contributed by atoms with Crippen molar-refractivity contribution < 1.29 is 9.90 Å². The van der Waals surface area contributed by atoms with Crippen LogP contribution in [0.15, 0.2) is 12.3 Å². The van der Waals surface area contributed by atoms with Gasteiger partial charge >= 0.3 is 0 Å². The van der Waals surface area contributed by atoms with E-state index in [0.29, 0.717) is 13.0 Å². The summed E-state index contributed by atoms with van der Waals surface area (Å²) in [5, 5.41) is 9.06. The Hall–Kier alpha value is -0.690. The van der Waals surface area contributed by atoms with Gasteiger partial charge in [-0.15, -0.1) is 0 Å². The maximum absolute atomic E-state index is 11.8. The van der Waals surface area contributed by atoms with Crippen molar-refractivity contribution in [3.63, 3.8) is 0 Å². The summed E-state index contributed by atoms with van der Waals surface area (Å²) in [7, 11) is 0. The monoisotopic (exact) mass is 332 g/mol. The van der Waals surface area contributed by atoms with Crippen LogP contribution >= 0.6 is 22.6 Å². The molecule has 0 radical (unpaired) electrons. The Balaban J connectivity index is 2.28. The number of anilines is 1. The Morgan fingerprint density at radius 1 is 1.69 bits per heavy atom. The molecule has 1 atom stereocenters. The lowest BCUT2D eigenvalue weighted by atomic mass is 10.1. The van der Waals surface area contributed by atoms with Crippen LogP contribution in [0.2, 0.25) is 0 Å². The average molecular weight is 332 g/mol. The van der Waals surface area contributed by atoms with Crippen LogP contribution in [-0.2, 0) is 4.79 Å². The number of hydrogen-bond acceptors (Lipinski definition) is 3. The van der Waals surface area contributed by atoms with E-state index >= 15 is 0 Å². The first-order valence-corrected chi connectivity index (χ1v) is 6.23. The number of hydrogen-bond donors (Lipinski definition) is 1. The van der Waals surface area contributed by atoms with Crippen LogP contribution in [0.3, 0.4) is 0 Å². The minimum absolute atomic E-state index is 0.0491. The first-order chi connectivity index (χ1) is 7.61. The second kappa shape index (κ2) is 4.67. The molecule has 0 saturated carbocycles. The lowest BCUT2D eigenvalue weighted by molar-refractivity contribution is -0.117. The van der Waals surface area contributed by atoms with Crippen molar-refractivity contribution in [1.29, 1.82) is 0 Å². The quantitative estimate of drug-likeness (QED) is 0.832. The standard InChI is InChI=1S/C11H13IN2O2/c1-7-2-9(12)4-13-11(7)14-5-8(6-15)3-10(14)16/h2,4,8,15H,3,5-6H2,1H3. The lowest BCUT2D eigenvalue weighted by Crippen LogP contribution is -2.26. The van der Waals surface area contributed by atoms with Gasteiger partial charge in [-0.05, 0) is 41.1 Å². The Bertz CT molecular complexity index is 422. The highest BCUT2D eigenvalue weighted by Gasteiger charge is 2.31. The number of aliphatic hydroxyl groups excluding tert-OH is 1. The van der Waals surface area contributed by atoms with E-state index in [1.807, 2.05) is 13.0 Å². The molecule has 2 rings (SSSR count). The first kappa shape index (κ1) is 11.8. The Morgan fingerprint density at radius 2 is 2.44 bits per heavy atom. The number of amides is 1. The highest BCUT2D eigenvalue weighted by atomic mass is 127. The van der Waals surface area contributed by atoms with Gasteiger partial charge in [0.2, 0.25) is 5.91 Å². The van der Waals surface area contributed by atoms with E-state index in [9.17, 15) is 4.79 Å². The summed E-state index contributed by atoms with van der Waals surface area (Å²) in [6, 6.07) is 2.00. The van der Waals surface area contributed by atoms with Crippen LogP contribution in [0, 0.1) is 16.4 Å². The van der Waals surface area contributed by atoms with Crippen molar-refractivity contribution in [3.05, 3.63) is 21.4 Å². The van der Waals surface area contributed by atoms with Crippen LogP contribution in [0.5, 0.6) is 0 Å². The average Bonchev–Trinajstić information content (AvgIpc) is 2.60. The van der Waals surface area contributed by atoms with Gasteiger partial charge in [0.15, 0.2) is 0 Å². The van der Waals surface area contributed by atoms with Gasteiger partial charge in [-0.3, -0.25) is 9.69 Å². The molecule has 86 valence electrons. The Labute approximate surface area is 108 Å². The summed E-state index contributed by atoms with van der Waals surface area (Å²) in [6.45, 7) is 2.58. The topological polar surface area (TPSA) is 53.4 Å². The van der Waals surface area contributed by atoms with E-state index in [4.69, 9.17) is 5.11 Å². The number of pyridine rings is 1. The summed E-state index contributed by atoms with van der Waals surface area (Å²) in [4.78, 5) is 17.7. The van der Waals surface area contributed by atoms with Gasteiger partial charge in [0.25, 0.3) is 0 Å². The molecule has 1 aromatic rings. The second-order valence-electron chi connectivity index (χ2n) is 4.05. The zero-order valence-corrected chi connectivity index (χ0v) is 11.1. The molecule has 1 unspecified atom stereocenters. The summed E-state index contributed by atoms with van der Waals surface area (Å²) >= 11 is 2.20. The molecule has 1 amide bonds. The number of nitrogens with zero attached hydrogens (tertiary/aromatic N) is 2. The molecule has 1 aliphatic heterocycles. The molecule has 16 heavy (non-hydrogen) atoms. The zero-order chi connectivity index (χ0) is 11.7. The molecular weight excluding hydrogens is 319 g/mol. The van der Waals surface area contributed by atoms with Gasteiger partial charge in [-0.1, -0.05) is 0 Å². The van der Waals surface area contributed by atoms with Crippen molar-refractivity contribution in [3.8, 4) is 0 Å². The van der Waals surface area contributed by atoms with Crippen LogP contribution < -0.4 is 4.90 Å². The fourth-order valence-corrected chi connectivity index (χ4v) is 2.53. The number of aliphatic hydroxyl groups is 1. The minimum Gasteiger partial charge on any atom is -0.396 e. The Kier molecular flexibility index (Phi) is 3.44. The van der Waals surface area contributed by atoms with Crippen LogP contribution in [0.25, 0.3) is 0 Å². The fourth-order valence-electron chi connectivity index (χ4n) is 1.92. The molecule has 5 heteroatoms. The molecule has 1 saturated heterocycles. The second-order valence-corrected chi connectivity index (χ2v) is 5.30. The summed E-state index contributed by atoms with van der Waals surface area (Å²) in [5.74, 6) is 0.824. The van der Waals surface area contributed by atoms with E-state index in [0.717, 1.165) is 15.0 Å². The fraction of sp³-hybridized carbons (Fsp3) is 0.455. The number of carbonyl (C=O) groups is 1. The highest BCUT2D eigenvalue weighted by molar-refractivity contribution is 14.1. The molecule has 1 aromatic heterocycles. The molecule has 0 spiro atoms. The molecule has 0 bridgehead atoms. The third-order valence-corrected chi connectivity index (χ3v) is 3.33. The van der Waals surface area contributed by atoms with Crippen molar-refractivity contribution >= 4 is 34.3 Å². The number of carbonyl (C=O) groups excluding carboxylic acids is 1. The van der Waals surface area contributed by atoms with Gasteiger partial charge in [-0.25, -0.2) is 4.98 Å². The predicted molar refractivity (Wildman–Crippen MR) is 69.2 cm³/mol. The molecule has 1 N–H and O–H groups in total. The molecular formula is C11H13IN2O2. The largest absolute Gasteiger partial charge is 0.396 e. The van der Waals surface area contributed by atoms with Gasteiger partial charge < -0.3 is 5.11 Å². The van der Waals surface area contributed by atoms with Crippen molar-refractivity contribution in [1.82, 2.24) is 4.98 Å². The van der Waals surface area contributed by atoms with Crippen LogP contribution in [0.1, 0.15) is 12.0 Å². The molecule has 4 nitrogen and oxygen atoms in total. The van der Waals surface area contributed by atoms with Crippen LogP contribution in [-0.4, -0.2) is 29.1 Å². The first-order valence-electron chi connectivity index (χ1n) is 5.15. The van der Waals surface area contributed by atoms with Gasteiger partial charge in [-0.2, -0.15) is 0 Å². The minimum atomic E-state index is 0.0491. The molecule has 1 aliphatic rings. The van der Waals surface area contributed by atoms with Crippen molar-refractivity contribution in [2.24, 2.45) is 5.92 Å². The maximum Gasteiger partial charge on any atom is 0.228 e. The summed E-state index contributed by atoms with van der Waals surface area (Å²) < 4.78 is 1.06. The third kappa shape index (κ3) is 2.20. The Morgan fingerprint density at radius 3 is 3.00 bits per heavy atom. The zero-order valence-electron chi connectivity index (χ0n) is 8.98. The van der Waals surface area contributed by atoms with E-state index < -0.39 is 0 Å².